The van der Waals surface area contributed by atoms with Crippen LogP contribution in [-0.4, -0.2) is 280 Å². The van der Waals surface area contributed by atoms with Crippen LogP contribution in [0.2, 0.25) is 0 Å². The van der Waals surface area contributed by atoms with Crippen molar-refractivity contribution in [2.75, 3.05) is 109 Å². The maximum atomic E-state index is 13.6. The first kappa shape index (κ1) is 97.5. The molecule has 30 nitrogen and oxygen atoms in total. The normalized spacial score (nSPS) is 15.5. The summed E-state index contributed by atoms with van der Waals surface area (Å²) in [6.45, 7) is 23.3. The molecule has 2 aliphatic heterocycles. The molecule has 0 aliphatic carbocycles. The molecule has 0 spiro atoms. The number of alkyl halides is 12. The van der Waals surface area contributed by atoms with Crippen LogP contribution >= 0.6 is 11.8 Å². The Kier molecular flexibility index (Phi) is 42.1. The van der Waals surface area contributed by atoms with Gasteiger partial charge in [-0.25, -0.2) is 24.0 Å². The van der Waals surface area contributed by atoms with E-state index in [1.54, 1.807) is 65.8 Å². The molecule has 104 heavy (non-hydrogen) atoms. The lowest BCUT2D eigenvalue weighted by atomic mass is 9.97. The number of carbonyl (C=O) groups excluding carboxylic acids is 9. The number of nitrogens with zero attached hydrogens (tertiary/aromatic N) is 5. The molecule has 0 aromatic heterocycles. The highest BCUT2D eigenvalue weighted by Gasteiger charge is 2.41. The number of carboxylic acids is 4. The Balaban J connectivity index is 0. The zero-order valence-corrected chi connectivity index (χ0v) is 59.7. The Hall–Kier alpha value is -8.58. The number of amides is 7. The molecule has 1 saturated heterocycles. The first-order chi connectivity index (χ1) is 47.3. The minimum atomic E-state index is -5.08. The van der Waals surface area contributed by atoms with Crippen molar-refractivity contribution in [3.63, 3.8) is 0 Å². The summed E-state index contributed by atoms with van der Waals surface area (Å²) in [5.41, 5.74) is -0.887. The number of imide groups is 1. The van der Waals surface area contributed by atoms with E-state index in [1.807, 2.05) is 60.5 Å². The third kappa shape index (κ3) is 46.9. The van der Waals surface area contributed by atoms with Gasteiger partial charge in [0.05, 0.1) is 26.2 Å². The number of carboxylic acid groups (broad SMARTS) is 4. The number of anilines is 1. The molecule has 1 fully saturated rings. The number of thioether (sulfide) groups is 1. The van der Waals surface area contributed by atoms with Gasteiger partial charge in [-0.15, -0.1) is 0 Å². The summed E-state index contributed by atoms with van der Waals surface area (Å²) in [5.74, 6) is -14.2. The lowest BCUT2D eigenvalue weighted by Gasteiger charge is -2.34. The number of hydrogen-bond acceptors (Lipinski definition) is 21. The summed E-state index contributed by atoms with van der Waals surface area (Å²) in [6.07, 6.45) is -15.3. The largest absolute Gasteiger partial charge is 0.490 e. The molecule has 1 aromatic carbocycles. The molecule has 594 valence electrons. The van der Waals surface area contributed by atoms with Gasteiger partial charge >= 0.3 is 72.5 Å². The van der Waals surface area contributed by atoms with Crippen molar-refractivity contribution in [1.29, 1.82) is 0 Å². The van der Waals surface area contributed by atoms with Crippen LogP contribution in [0.3, 0.4) is 0 Å². The van der Waals surface area contributed by atoms with Crippen molar-refractivity contribution < 1.29 is 150 Å². The zero-order chi connectivity index (χ0) is 81.1. The number of nitrogens with one attached hydrogen (secondary N) is 5. The predicted octanol–water partition coefficient (Wildman–Crippen LogP) is 4.90. The van der Waals surface area contributed by atoms with Gasteiger partial charge in [0, 0.05) is 89.8 Å². The molecule has 2 aliphatic rings. The Morgan fingerprint density at radius 2 is 0.837 bits per heavy atom. The van der Waals surface area contributed by atoms with Crippen molar-refractivity contribution in [2.24, 2.45) is 5.92 Å². The SMILES string of the molecule is CC[C@H](C)[C@H](NC(=O)[C@H](CCSC)NC(=O)Nc1ccc(CNC(=O)CN2CCN(CC(=O)OC(C)(C)C)CCN(CC(=O)OC(C)(C)C)CCN(CC(=O)OC(C)(C)C)CC2)cc1)C(=O)NCCN1C(=O)C=CC1=O.O=C(O)C(F)(F)F.O=C(O)C(F)(F)F.O=C(O)C(F)(F)F.O=C(O)C(F)(F)F. The van der Waals surface area contributed by atoms with E-state index in [2.05, 4.69) is 26.6 Å². The van der Waals surface area contributed by atoms with Gasteiger partial charge in [-0.1, -0.05) is 32.4 Å². The molecule has 0 bridgehead atoms. The Labute approximate surface area is 594 Å². The molecule has 0 saturated carbocycles. The fourth-order valence-electron chi connectivity index (χ4n) is 7.88. The number of esters is 3. The molecule has 3 rings (SSSR count). The molecule has 43 heteroatoms. The smallest absolute Gasteiger partial charge is 0.475 e. The molecule has 1 aromatic rings. The first-order valence-electron chi connectivity index (χ1n) is 31.1. The predicted molar refractivity (Wildman–Crippen MR) is 346 cm³/mol. The Bertz CT molecular complexity index is 2870. The zero-order valence-electron chi connectivity index (χ0n) is 58.9. The summed E-state index contributed by atoms with van der Waals surface area (Å²) in [5, 5.41) is 42.5. The average Bonchev–Trinajstić information content (AvgIpc) is 1.79. The molecule has 2 heterocycles. The number of rotatable bonds is 23. The fourth-order valence-corrected chi connectivity index (χ4v) is 8.36. The molecular formula is C61H90F12N10O20S. The lowest BCUT2D eigenvalue weighted by Crippen LogP contribution is -2.56. The highest BCUT2D eigenvalue weighted by Crippen LogP contribution is 2.18. The van der Waals surface area contributed by atoms with E-state index in [4.69, 9.17) is 53.8 Å². The van der Waals surface area contributed by atoms with Crippen molar-refractivity contribution in [2.45, 2.75) is 149 Å². The second-order valence-corrected chi connectivity index (χ2v) is 26.3. The maximum Gasteiger partial charge on any atom is 0.490 e. The van der Waals surface area contributed by atoms with Crippen LogP contribution in [0.1, 0.15) is 94.6 Å². The van der Waals surface area contributed by atoms with E-state index in [1.165, 1.54) is 11.8 Å². The van der Waals surface area contributed by atoms with Crippen molar-refractivity contribution >= 4 is 94.8 Å². The van der Waals surface area contributed by atoms with Crippen LogP contribution in [-0.2, 0) is 78.3 Å². The van der Waals surface area contributed by atoms with E-state index in [-0.39, 0.29) is 70.0 Å². The minimum absolute atomic E-state index is 0.000794. The molecule has 3 atom stereocenters. The summed E-state index contributed by atoms with van der Waals surface area (Å²) in [4.78, 5) is 161. The van der Waals surface area contributed by atoms with Crippen LogP contribution in [0.5, 0.6) is 0 Å². The summed E-state index contributed by atoms with van der Waals surface area (Å²) >= 11 is 1.49. The van der Waals surface area contributed by atoms with Gasteiger partial charge < -0.3 is 61.2 Å². The maximum absolute atomic E-state index is 13.6. The summed E-state index contributed by atoms with van der Waals surface area (Å²) < 4.78 is 144. The highest BCUT2D eigenvalue weighted by atomic mass is 32.2. The molecule has 9 N–H and O–H groups in total. The summed E-state index contributed by atoms with van der Waals surface area (Å²) in [6, 6.07) is 4.28. The van der Waals surface area contributed by atoms with Crippen molar-refractivity contribution in [3.05, 3.63) is 42.0 Å². The average molecular weight is 1540 g/mol. The fraction of sp³-hybridized carbons (Fsp3) is 0.656. The van der Waals surface area contributed by atoms with Gasteiger partial charge in [-0.05, 0) is 104 Å². The standard InChI is InChI=1S/C53H86N10O12S.4C2HF3O2/c1-13-37(2)47(49(71)54-21-22-63-42(65)18-19-43(63)66)58-48(70)40(20-31-76-12)57-50(72)56-39-16-14-38(15-17-39)32-55-41(64)33-59-23-25-60(34-44(67)73-51(3,4)5)27-29-62(36-46(69)75-53(9,10)11)30-28-61(26-24-59)35-45(68)74-52(6,7)8;4*3-2(4,5)1(6)7/h14-19,37,40,47H,13,20-36H2,1-12H3,(H,54,71)(H,55,64)(H,58,70)(H2,56,57,72);4*(H,6,7)/t37-,40-,47-;;;;/m0..../s1. The van der Waals surface area contributed by atoms with Crippen molar-refractivity contribution in [3.8, 4) is 0 Å². The van der Waals surface area contributed by atoms with Gasteiger partial charge in [-0.2, -0.15) is 64.4 Å². The van der Waals surface area contributed by atoms with Crippen LogP contribution in [0.4, 0.5) is 63.2 Å². The van der Waals surface area contributed by atoms with Gasteiger partial charge in [-0.3, -0.25) is 62.9 Å². The van der Waals surface area contributed by atoms with Gasteiger partial charge in [0.25, 0.3) is 11.8 Å². The second-order valence-electron chi connectivity index (χ2n) is 25.3. The molecular weight excluding hydrogens is 1450 g/mol. The molecule has 0 unspecified atom stereocenters. The minimum Gasteiger partial charge on any atom is -0.475 e. The number of halogens is 12. The number of benzene rings is 1. The third-order valence-corrected chi connectivity index (χ3v) is 13.5. The monoisotopic (exact) mass is 1540 g/mol. The van der Waals surface area contributed by atoms with Crippen LogP contribution in [0.15, 0.2) is 36.4 Å². The number of urea groups is 1. The van der Waals surface area contributed by atoms with Gasteiger partial charge in [0.15, 0.2) is 0 Å². The van der Waals surface area contributed by atoms with Gasteiger partial charge in [0.1, 0.15) is 28.9 Å². The first-order valence-corrected chi connectivity index (χ1v) is 32.5. The third-order valence-electron chi connectivity index (χ3n) is 12.8. The van der Waals surface area contributed by atoms with Crippen LogP contribution in [0.25, 0.3) is 0 Å². The van der Waals surface area contributed by atoms with Crippen LogP contribution < -0.4 is 26.6 Å². The summed E-state index contributed by atoms with van der Waals surface area (Å²) in [7, 11) is 0. The van der Waals surface area contributed by atoms with E-state index in [9.17, 15) is 95.8 Å². The number of carbonyl (C=O) groups is 13. The molecule has 0 radical (unpaired) electrons. The lowest BCUT2D eigenvalue weighted by molar-refractivity contribution is -0.193. The van der Waals surface area contributed by atoms with Crippen LogP contribution in [0, 0.1) is 5.92 Å². The number of ether oxygens (including phenoxy) is 3. The molecule has 7 amide bonds. The second kappa shape index (κ2) is 44.9. The van der Waals surface area contributed by atoms with E-state index in [0.29, 0.717) is 70.2 Å². The highest BCUT2D eigenvalue weighted by molar-refractivity contribution is 7.98. The van der Waals surface area contributed by atoms with E-state index >= 15 is 0 Å². The van der Waals surface area contributed by atoms with Gasteiger partial charge in [0.2, 0.25) is 17.7 Å². The van der Waals surface area contributed by atoms with E-state index in [0.717, 1.165) is 22.6 Å². The number of aliphatic carboxylic acids is 4. The Morgan fingerprint density at radius 1 is 0.510 bits per heavy atom. The Morgan fingerprint density at radius 3 is 1.13 bits per heavy atom. The quantitative estimate of drug-likeness (QED) is 0.0304. The number of hydrogen-bond donors (Lipinski definition) is 9. The van der Waals surface area contributed by atoms with E-state index < -0.39 is 119 Å². The van der Waals surface area contributed by atoms with Crippen molar-refractivity contribution in [1.82, 2.24) is 45.8 Å². The topological polar surface area (TPSA) is 407 Å².